The van der Waals surface area contributed by atoms with Crippen LogP contribution in [-0.4, -0.2) is 23.7 Å². The number of aliphatic hydroxyl groups is 1. The van der Waals surface area contributed by atoms with E-state index in [9.17, 15) is 18.7 Å². The Labute approximate surface area is 111 Å². The van der Waals surface area contributed by atoms with E-state index in [-0.39, 0.29) is 18.5 Å². The fourth-order valence-corrected chi connectivity index (χ4v) is 1.78. The van der Waals surface area contributed by atoms with Gasteiger partial charge in [0.1, 0.15) is 0 Å². The lowest BCUT2D eigenvalue weighted by Crippen LogP contribution is -2.33. The summed E-state index contributed by atoms with van der Waals surface area (Å²) in [6.45, 7) is 4.05. The molecule has 1 rings (SSSR count). The Balaban J connectivity index is 2.45. The van der Waals surface area contributed by atoms with Gasteiger partial charge in [0.2, 0.25) is 5.91 Å². The number of halogens is 2. The molecule has 2 N–H and O–H groups in total. The van der Waals surface area contributed by atoms with E-state index < -0.39 is 23.6 Å². The molecule has 0 bridgehead atoms. The molecule has 19 heavy (non-hydrogen) atoms. The standard InChI is InChI=1S/C14H19F2NO2/c1-9(2)6-11(18)8-17-13(19)7-10-4-3-5-12(15)14(10)16/h3-5,9,11,18H,6-8H2,1-2H3,(H,17,19). The monoisotopic (exact) mass is 271 g/mol. The number of aliphatic hydroxyl groups excluding tert-OH is 1. The van der Waals surface area contributed by atoms with Crippen molar-refractivity contribution >= 4 is 5.91 Å². The van der Waals surface area contributed by atoms with Crippen LogP contribution < -0.4 is 5.32 Å². The summed E-state index contributed by atoms with van der Waals surface area (Å²) in [5.41, 5.74) is 0.0100. The van der Waals surface area contributed by atoms with Crippen molar-refractivity contribution in [3.05, 3.63) is 35.4 Å². The molecule has 3 nitrogen and oxygen atoms in total. The van der Waals surface area contributed by atoms with Gasteiger partial charge in [-0.2, -0.15) is 0 Å². The maximum absolute atomic E-state index is 13.3. The predicted octanol–water partition coefficient (Wildman–Crippen LogP) is 2.03. The molecule has 0 fully saturated rings. The van der Waals surface area contributed by atoms with Crippen molar-refractivity contribution in [1.82, 2.24) is 5.32 Å². The molecule has 1 unspecified atom stereocenters. The van der Waals surface area contributed by atoms with Gasteiger partial charge in [0.05, 0.1) is 12.5 Å². The van der Waals surface area contributed by atoms with E-state index in [0.717, 1.165) is 6.07 Å². The first kappa shape index (κ1) is 15.6. The van der Waals surface area contributed by atoms with Gasteiger partial charge in [-0.25, -0.2) is 8.78 Å². The first-order valence-corrected chi connectivity index (χ1v) is 6.27. The van der Waals surface area contributed by atoms with E-state index in [1.54, 1.807) is 0 Å². The molecular weight excluding hydrogens is 252 g/mol. The number of carbonyl (C=O) groups excluding carboxylic acids is 1. The average Bonchev–Trinajstić information content (AvgIpc) is 2.32. The Bertz CT molecular complexity index is 435. The van der Waals surface area contributed by atoms with E-state index in [1.807, 2.05) is 13.8 Å². The normalized spacial score (nSPS) is 12.5. The van der Waals surface area contributed by atoms with Gasteiger partial charge >= 0.3 is 0 Å². The second kappa shape index (κ2) is 7.19. The van der Waals surface area contributed by atoms with Crippen LogP contribution in [0.1, 0.15) is 25.8 Å². The van der Waals surface area contributed by atoms with E-state index in [2.05, 4.69) is 5.32 Å². The second-order valence-corrected chi connectivity index (χ2v) is 4.98. The summed E-state index contributed by atoms with van der Waals surface area (Å²) in [6, 6.07) is 3.72. The van der Waals surface area contributed by atoms with E-state index in [1.165, 1.54) is 12.1 Å². The van der Waals surface area contributed by atoms with Crippen molar-refractivity contribution in [2.24, 2.45) is 5.92 Å². The van der Waals surface area contributed by atoms with Crippen molar-refractivity contribution in [3.63, 3.8) is 0 Å². The third-order valence-electron chi connectivity index (χ3n) is 2.66. The molecule has 1 atom stereocenters. The molecule has 1 aromatic carbocycles. The fourth-order valence-electron chi connectivity index (χ4n) is 1.78. The summed E-state index contributed by atoms with van der Waals surface area (Å²) >= 11 is 0. The highest BCUT2D eigenvalue weighted by Crippen LogP contribution is 2.11. The van der Waals surface area contributed by atoms with Crippen LogP contribution in [0.2, 0.25) is 0 Å². The van der Waals surface area contributed by atoms with Crippen molar-refractivity contribution in [2.75, 3.05) is 6.54 Å². The molecule has 0 aromatic heterocycles. The van der Waals surface area contributed by atoms with Gasteiger partial charge in [-0.15, -0.1) is 0 Å². The Hall–Kier alpha value is -1.49. The molecule has 1 aromatic rings. The van der Waals surface area contributed by atoms with E-state index in [0.29, 0.717) is 12.3 Å². The number of hydrogen-bond donors (Lipinski definition) is 2. The highest BCUT2D eigenvalue weighted by molar-refractivity contribution is 5.78. The molecule has 0 aliphatic heterocycles. The van der Waals surface area contributed by atoms with Gasteiger partial charge in [0, 0.05) is 12.1 Å². The number of amides is 1. The van der Waals surface area contributed by atoms with Crippen LogP contribution >= 0.6 is 0 Å². The summed E-state index contributed by atoms with van der Waals surface area (Å²) in [5, 5.41) is 12.1. The molecule has 1 amide bonds. The molecule has 0 spiro atoms. The lowest BCUT2D eigenvalue weighted by molar-refractivity contribution is -0.121. The van der Waals surface area contributed by atoms with Gasteiger partial charge in [0.25, 0.3) is 0 Å². The summed E-state index contributed by atoms with van der Waals surface area (Å²) in [7, 11) is 0. The molecule has 0 aliphatic carbocycles. The van der Waals surface area contributed by atoms with Crippen LogP contribution in [0.25, 0.3) is 0 Å². The van der Waals surface area contributed by atoms with Gasteiger partial charge in [-0.05, 0) is 18.4 Å². The first-order valence-electron chi connectivity index (χ1n) is 6.27. The number of nitrogens with one attached hydrogen (secondary N) is 1. The maximum atomic E-state index is 13.3. The Morgan fingerprint density at radius 3 is 2.68 bits per heavy atom. The third kappa shape index (κ3) is 5.34. The highest BCUT2D eigenvalue weighted by atomic mass is 19.2. The summed E-state index contributed by atoms with van der Waals surface area (Å²) in [6.07, 6.45) is -0.284. The Kier molecular flexibility index (Phi) is 5.89. The van der Waals surface area contributed by atoms with Gasteiger partial charge in [-0.1, -0.05) is 26.0 Å². The van der Waals surface area contributed by atoms with Crippen LogP contribution in [0, 0.1) is 17.6 Å². The van der Waals surface area contributed by atoms with Crippen molar-refractivity contribution < 1.29 is 18.7 Å². The number of benzene rings is 1. The Morgan fingerprint density at radius 1 is 1.37 bits per heavy atom. The topological polar surface area (TPSA) is 49.3 Å². The summed E-state index contributed by atoms with van der Waals surface area (Å²) < 4.78 is 26.3. The summed E-state index contributed by atoms with van der Waals surface area (Å²) in [5.74, 6) is -2.08. The van der Waals surface area contributed by atoms with Gasteiger partial charge in [-0.3, -0.25) is 4.79 Å². The van der Waals surface area contributed by atoms with Crippen LogP contribution in [0.15, 0.2) is 18.2 Å². The van der Waals surface area contributed by atoms with Crippen LogP contribution in [0.3, 0.4) is 0 Å². The van der Waals surface area contributed by atoms with Gasteiger partial charge < -0.3 is 10.4 Å². The quantitative estimate of drug-likeness (QED) is 0.831. The minimum absolute atomic E-state index is 0.0100. The van der Waals surface area contributed by atoms with Crippen LogP contribution in [0.5, 0.6) is 0 Å². The number of carbonyl (C=O) groups is 1. The van der Waals surface area contributed by atoms with E-state index >= 15 is 0 Å². The maximum Gasteiger partial charge on any atom is 0.224 e. The zero-order chi connectivity index (χ0) is 14.4. The lowest BCUT2D eigenvalue weighted by Gasteiger charge is -2.14. The minimum atomic E-state index is -1.000. The average molecular weight is 271 g/mol. The zero-order valence-electron chi connectivity index (χ0n) is 11.1. The number of rotatable bonds is 6. The molecule has 0 radical (unpaired) electrons. The molecular formula is C14H19F2NO2. The predicted molar refractivity (Wildman–Crippen MR) is 68.5 cm³/mol. The highest BCUT2D eigenvalue weighted by Gasteiger charge is 2.13. The molecule has 106 valence electrons. The first-order chi connectivity index (χ1) is 8.90. The molecule has 0 aliphatic rings. The van der Waals surface area contributed by atoms with Crippen molar-refractivity contribution in [1.29, 1.82) is 0 Å². The Morgan fingerprint density at radius 2 is 2.05 bits per heavy atom. The molecule has 5 heteroatoms. The van der Waals surface area contributed by atoms with Crippen molar-refractivity contribution in [3.8, 4) is 0 Å². The minimum Gasteiger partial charge on any atom is -0.391 e. The molecule has 0 heterocycles. The number of hydrogen-bond acceptors (Lipinski definition) is 2. The third-order valence-corrected chi connectivity index (χ3v) is 2.66. The van der Waals surface area contributed by atoms with Crippen molar-refractivity contribution in [2.45, 2.75) is 32.8 Å². The molecule has 0 saturated carbocycles. The largest absolute Gasteiger partial charge is 0.391 e. The molecule has 0 saturated heterocycles. The van der Waals surface area contributed by atoms with Crippen LogP contribution in [-0.2, 0) is 11.2 Å². The second-order valence-electron chi connectivity index (χ2n) is 4.98. The smallest absolute Gasteiger partial charge is 0.224 e. The SMILES string of the molecule is CC(C)CC(O)CNC(=O)Cc1cccc(F)c1F. The fraction of sp³-hybridized carbons (Fsp3) is 0.500. The van der Waals surface area contributed by atoms with Crippen LogP contribution in [0.4, 0.5) is 8.78 Å². The van der Waals surface area contributed by atoms with E-state index in [4.69, 9.17) is 0 Å². The van der Waals surface area contributed by atoms with Gasteiger partial charge in [0.15, 0.2) is 11.6 Å². The zero-order valence-corrected chi connectivity index (χ0v) is 11.1. The summed E-state index contributed by atoms with van der Waals surface area (Å²) in [4.78, 5) is 11.6. The lowest BCUT2D eigenvalue weighted by atomic mass is 10.1.